The molecule has 0 spiro atoms. The maximum Gasteiger partial charge on any atom is 2.00 e. The standard InChI is InChI=1S/C31H29N4O2.Mg/c1-7-18-15(4)22-10-21-14(3)9-27(32-21)29-20(13-36)31(37)28-17(6)24(35-30(28)29)12-26-19(8-2)16(5)23(34-26)11-25(18)33-22;/h7,10-14,20H,1,8-9H2,2-6H3,(H-,32,35,37);/q-3;+2/p-1/b21-10-,23-11-,26-12-;/t14-,20+;/m0./s1. The molecule has 6 rings (SSSR count). The largest absolute Gasteiger partial charge is 2.00 e. The predicted molar refractivity (Wildman–Crippen MR) is 151 cm³/mol. The van der Waals surface area contributed by atoms with Crippen LogP contribution in [0.1, 0.15) is 81.2 Å². The second kappa shape index (κ2) is 9.47. The van der Waals surface area contributed by atoms with E-state index >= 15 is 0 Å². The van der Waals surface area contributed by atoms with Gasteiger partial charge in [0.2, 0.25) is 0 Å². The Kier molecular flexibility index (Phi) is 6.56. The minimum absolute atomic E-state index is 0. The third-order valence-electron chi connectivity index (χ3n) is 8.12. The van der Waals surface area contributed by atoms with Crippen molar-refractivity contribution in [1.29, 1.82) is 0 Å². The molecule has 0 aromatic carbocycles. The molecule has 2 atom stereocenters. The Bertz CT molecular complexity index is 1720. The van der Waals surface area contributed by atoms with Gasteiger partial charge in [0.05, 0.1) is 0 Å². The summed E-state index contributed by atoms with van der Waals surface area (Å²) in [7, 11) is 0. The molecule has 0 saturated carbocycles. The van der Waals surface area contributed by atoms with Crippen LogP contribution in [-0.4, -0.2) is 35.1 Å². The Labute approximate surface area is 238 Å². The molecule has 0 amide bonds. The fraction of sp³-hybridized carbons (Fsp3) is 0.290. The molecule has 38 heavy (non-hydrogen) atoms. The zero-order valence-electron chi connectivity index (χ0n) is 22.5. The summed E-state index contributed by atoms with van der Waals surface area (Å²) >= 11 is 0. The van der Waals surface area contributed by atoms with Crippen molar-refractivity contribution in [3.8, 4) is 0 Å². The van der Waals surface area contributed by atoms with Gasteiger partial charge in [0.15, 0.2) is 5.78 Å². The Balaban J connectivity index is 0.00000294. The van der Waals surface area contributed by atoms with Crippen LogP contribution in [0.3, 0.4) is 0 Å². The smallest absolute Gasteiger partial charge is 0.664 e. The van der Waals surface area contributed by atoms with Gasteiger partial charge in [-0.05, 0) is 45.1 Å². The molecule has 7 heteroatoms. The molecular formula is C31H28MgN4O2-2. The van der Waals surface area contributed by atoms with E-state index in [4.69, 9.17) is 20.3 Å². The van der Waals surface area contributed by atoms with Crippen LogP contribution < -0.4 is 25.7 Å². The summed E-state index contributed by atoms with van der Waals surface area (Å²) in [6.07, 6.45) is 10.1. The number of Topliss-reactive ketones (excluding diaryl/α,β-unsaturated/α-hetero) is 1. The van der Waals surface area contributed by atoms with E-state index in [-0.39, 0.29) is 34.8 Å². The quantitative estimate of drug-likeness (QED) is 0.304. The van der Waals surface area contributed by atoms with E-state index in [0.717, 1.165) is 74.0 Å². The topological polar surface area (TPSA) is 90.5 Å². The minimum Gasteiger partial charge on any atom is -0.664 e. The summed E-state index contributed by atoms with van der Waals surface area (Å²) in [5.74, 6) is -0.932. The van der Waals surface area contributed by atoms with Gasteiger partial charge < -0.3 is 25.1 Å². The van der Waals surface area contributed by atoms with Crippen molar-refractivity contribution in [3.63, 3.8) is 0 Å². The molecule has 1 aliphatic carbocycles. The molecule has 0 unspecified atom stereocenters. The first kappa shape index (κ1) is 26.3. The number of rotatable bonds is 3. The summed E-state index contributed by atoms with van der Waals surface area (Å²) in [6.45, 7) is 14.3. The molecule has 2 aliphatic heterocycles. The molecule has 6 nitrogen and oxygen atoms in total. The first-order valence-electron chi connectivity index (χ1n) is 12.8. The second-order valence-corrected chi connectivity index (χ2v) is 10.2. The van der Waals surface area contributed by atoms with Crippen molar-refractivity contribution < 1.29 is 9.59 Å². The van der Waals surface area contributed by atoms with Crippen molar-refractivity contribution in [2.45, 2.75) is 47.5 Å². The van der Waals surface area contributed by atoms with E-state index in [0.29, 0.717) is 28.9 Å². The van der Waals surface area contributed by atoms with E-state index in [9.17, 15) is 9.59 Å². The van der Waals surface area contributed by atoms with Crippen molar-refractivity contribution >= 4 is 65.0 Å². The Morgan fingerprint density at radius 1 is 0.974 bits per heavy atom. The number of hydrogen-bond donors (Lipinski definition) is 0. The number of ketones is 1. The molecule has 5 heterocycles. The summed E-state index contributed by atoms with van der Waals surface area (Å²) in [6, 6.07) is 0. The van der Waals surface area contributed by atoms with Gasteiger partial charge in [-0.2, -0.15) is 11.4 Å². The van der Waals surface area contributed by atoms with Gasteiger partial charge in [0, 0.05) is 5.56 Å². The van der Waals surface area contributed by atoms with Crippen molar-refractivity contribution in [1.82, 2.24) is 15.0 Å². The van der Waals surface area contributed by atoms with Crippen LogP contribution in [0.25, 0.3) is 35.2 Å². The average Bonchev–Trinajstić information content (AvgIpc) is 3.61. The van der Waals surface area contributed by atoms with Crippen LogP contribution in [0.5, 0.6) is 0 Å². The van der Waals surface area contributed by atoms with Crippen LogP contribution in [0.2, 0.25) is 0 Å². The second-order valence-electron chi connectivity index (χ2n) is 10.2. The van der Waals surface area contributed by atoms with Crippen LogP contribution in [-0.2, 0) is 11.2 Å². The first-order chi connectivity index (χ1) is 17.8. The van der Waals surface area contributed by atoms with Gasteiger partial charge in [-0.25, -0.2) is 0 Å². The Morgan fingerprint density at radius 2 is 1.68 bits per heavy atom. The fourth-order valence-corrected chi connectivity index (χ4v) is 5.98. The molecule has 188 valence electrons. The third kappa shape index (κ3) is 3.67. The summed E-state index contributed by atoms with van der Waals surface area (Å²) in [4.78, 5) is 40.4. The molecule has 3 aromatic heterocycles. The third-order valence-corrected chi connectivity index (χ3v) is 8.12. The molecule has 3 aromatic rings. The number of hydrogen-bond acceptors (Lipinski definition) is 2. The Morgan fingerprint density at radius 3 is 2.37 bits per heavy atom. The molecule has 8 bridgehead atoms. The normalized spacial score (nSPS) is 24.4. The average molecular weight is 513 g/mol. The van der Waals surface area contributed by atoms with Gasteiger partial charge in [-0.15, -0.1) is 33.5 Å². The van der Waals surface area contributed by atoms with Gasteiger partial charge in [-0.3, -0.25) is 4.79 Å². The fourth-order valence-electron chi connectivity index (χ4n) is 5.98. The van der Waals surface area contributed by atoms with Crippen molar-refractivity contribution in [2.24, 2.45) is 11.8 Å². The van der Waals surface area contributed by atoms with E-state index in [2.05, 4.69) is 27.4 Å². The zero-order valence-corrected chi connectivity index (χ0v) is 23.9. The maximum atomic E-state index is 13.4. The molecule has 0 radical (unpaired) electrons. The summed E-state index contributed by atoms with van der Waals surface area (Å²) < 4.78 is 0. The number of aromatic nitrogens is 3. The van der Waals surface area contributed by atoms with Gasteiger partial charge >= 0.3 is 23.1 Å². The van der Waals surface area contributed by atoms with Crippen LogP contribution >= 0.6 is 0 Å². The van der Waals surface area contributed by atoms with Crippen LogP contribution in [0, 0.1) is 32.6 Å². The van der Waals surface area contributed by atoms with E-state index in [1.165, 1.54) is 0 Å². The van der Waals surface area contributed by atoms with Gasteiger partial charge in [0.1, 0.15) is 12.2 Å². The molecule has 1 saturated heterocycles. The molecule has 1 fully saturated rings. The zero-order chi connectivity index (χ0) is 26.2. The van der Waals surface area contributed by atoms with E-state index in [1.54, 1.807) is 0 Å². The monoisotopic (exact) mass is 512 g/mol. The van der Waals surface area contributed by atoms with Gasteiger partial charge in [0.25, 0.3) is 0 Å². The summed E-state index contributed by atoms with van der Waals surface area (Å²) in [5.41, 5.74) is 10.9. The SMILES string of the molecule is C=Cc1c2[n-]c(c1C)/C=C1\[N-]/C(=C3\c4[n-]c(c(C)c4C(=O)[C@@H]3C=O)/C=c3\[n-]/c(c(C)c3CC)=C\2)C[C@@H]1C.[Mg+2]. The number of carbonyl (C=O) groups is 2. The van der Waals surface area contributed by atoms with Crippen LogP contribution in [0.15, 0.2) is 18.0 Å². The molecular weight excluding hydrogens is 485 g/mol. The van der Waals surface area contributed by atoms with Crippen molar-refractivity contribution in [3.05, 3.63) is 90.1 Å². The van der Waals surface area contributed by atoms with Gasteiger partial charge in [-0.1, -0.05) is 72.6 Å². The summed E-state index contributed by atoms with van der Waals surface area (Å²) in [5, 5.41) is 6.66. The number of carbonyl (C=O) groups excluding carboxylic acids is 2. The maximum absolute atomic E-state index is 13.4. The number of allylic oxidation sites excluding steroid dienone is 3. The van der Waals surface area contributed by atoms with Crippen LogP contribution in [0.4, 0.5) is 0 Å². The first-order valence-corrected chi connectivity index (χ1v) is 12.8. The molecule has 0 N–H and O–H groups in total. The number of fused-ring (bicyclic) bond motifs is 7. The Hall–Kier alpha value is -3.29. The predicted octanol–water partition coefficient (Wildman–Crippen LogP) is 3.46. The number of aldehydes is 1. The minimum atomic E-state index is -0.862. The van der Waals surface area contributed by atoms with E-state index < -0.39 is 5.92 Å². The van der Waals surface area contributed by atoms with Crippen molar-refractivity contribution in [2.75, 3.05) is 0 Å². The molecule has 3 aliphatic rings. The van der Waals surface area contributed by atoms with E-state index in [1.807, 2.05) is 38.2 Å². The number of nitrogens with zero attached hydrogens (tertiary/aromatic N) is 4.